The first-order valence-electron chi connectivity index (χ1n) is 7.78. The zero-order valence-corrected chi connectivity index (χ0v) is 12.7. The van der Waals surface area contributed by atoms with Gasteiger partial charge in [0.1, 0.15) is 11.3 Å². The fourth-order valence-electron chi connectivity index (χ4n) is 3.18. The predicted octanol–water partition coefficient (Wildman–Crippen LogP) is 4.41. The minimum atomic E-state index is 0.374. The highest BCUT2D eigenvalue weighted by Gasteiger charge is 2.18. The fourth-order valence-corrected chi connectivity index (χ4v) is 3.18. The second-order valence-electron chi connectivity index (χ2n) is 6.25. The monoisotopic (exact) mass is 272 g/mol. The van der Waals surface area contributed by atoms with E-state index in [1.807, 2.05) is 11.7 Å². The fraction of sp³-hybridized carbons (Fsp3) is 0.588. The van der Waals surface area contributed by atoms with E-state index < -0.39 is 0 Å². The first kappa shape index (κ1) is 13.5. The van der Waals surface area contributed by atoms with Crippen LogP contribution in [0.15, 0.2) is 18.3 Å². The number of ether oxygens (including phenoxy) is 1. The standard InChI is InChI=1S/C17H24N2O/c1-12(2)14-9-10-16(17-15(14)11-19(3)18-17)20-13-7-5-4-6-8-13/h9-13H,4-8H2,1-3H3. The van der Waals surface area contributed by atoms with Crippen molar-refractivity contribution >= 4 is 10.9 Å². The van der Waals surface area contributed by atoms with Crippen molar-refractivity contribution in [1.29, 1.82) is 0 Å². The van der Waals surface area contributed by atoms with Gasteiger partial charge in [0.15, 0.2) is 0 Å². The lowest BCUT2D eigenvalue weighted by atomic mass is 9.97. The zero-order chi connectivity index (χ0) is 14.1. The van der Waals surface area contributed by atoms with E-state index in [0.717, 1.165) is 11.3 Å². The Morgan fingerprint density at radius 2 is 1.95 bits per heavy atom. The average Bonchev–Trinajstić information content (AvgIpc) is 2.81. The van der Waals surface area contributed by atoms with E-state index in [-0.39, 0.29) is 0 Å². The quantitative estimate of drug-likeness (QED) is 0.827. The summed E-state index contributed by atoms with van der Waals surface area (Å²) in [6.45, 7) is 4.45. The Morgan fingerprint density at radius 3 is 2.65 bits per heavy atom. The maximum absolute atomic E-state index is 6.24. The summed E-state index contributed by atoms with van der Waals surface area (Å²) in [6, 6.07) is 4.31. The molecular formula is C17H24N2O. The number of benzene rings is 1. The molecule has 1 aromatic carbocycles. The first-order chi connectivity index (χ1) is 9.65. The van der Waals surface area contributed by atoms with E-state index in [4.69, 9.17) is 4.74 Å². The molecule has 1 aliphatic carbocycles. The summed E-state index contributed by atoms with van der Waals surface area (Å²) in [4.78, 5) is 0. The van der Waals surface area contributed by atoms with Gasteiger partial charge in [-0.3, -0.25) is 4.68 Å². The molecule has 108 valence electrons. The molecule has 0 spiro atoms. The smallest absolute Gasteiger partial charge is 0.147 e. The van der Waals surface area contributed by atoms with Crippen LogP contribution in [0.2, 0.25) is 0 Å². The molecule has 1 heterocycles. The molecule has 20 heavy (non-hydrogen) atoms. The third kappa shape index (κ3) is 2.54. The van der Waals surface area contributed by atoms with Gasteiger partial charge in [-0.2, -0.15) is 5.10 Å². The lowest BCUT2D eigenvalue weighted by Crippen LogP contribution is -2.19. The lowest BCUT2D eigenvalue weighted by Gasteiger charge is -2.23. The normalized spacial score (nSPS) is 17.0. The summed E-state index contributed by atoms with van der Waals surface area (Å²) in [5, 5.41) is 5.85. The Kier molecular flexibility index (Phi) is 3.68. The van der Waals surface area contributed by atoms with Gasteiger partial charge in [-0.1, -0.05) is 26.3 Å². The van der Waals surface area contributed by atoms with Crippen molar-refractivity contribution in [3.05, 3.63) is 23.9 Å². The Morgan fingerprint density at radius 1 is 1.20 bits per heavy atom. The van der Waals surface area contributed by atoms with Crippen molar-refractivity contribution in [2.75, 3.05) is 0 Å². The number of rotatable bonds is 3. The molecule has 1 aromatic heterocycles. The van der Waals surface area contributed by atoms with Crippen LogP contribution in [0.5, 0.6) is 5.75 Å². The summed E-state index contributed by atoms with van der Waals surface area (Å²) >= 11 is 0. The molecule has 0 radical (unpaired) electrons. The Balaban J connectivity index is 1.96. The van der Waals surface area contributed by atoms with E-state index in [1.54, 1.807) is 0 Å². The maximum atomic E-state index is 6.24. The molecule has 1 fully saturated rings. The van der Waals surface area contributed by atoms with Crippen molar-refractivity contribution in [1.82, 2.24) is 9.78 Å². The van der Waals surface area contributed by atoms with Crippen LogP contribution in [0.4, 0.5) is 0 Å². The topological polar surface area (TPSA) is 27.1 Å². The van der Waals surface area contributed by atoms with Crippen LogP contribution in [-0.2, 0) is 7.05 Å². The van der Waals surface area contributed by atoms with Crippen LogP contribution >= 0.6 is 0 Å². The molecule has 1 saturated carbocycles. The third-order valence-corrected chi connectivity index (χ3v) is 4.26. The van der Waals surface area contributed by atoms with E-state index in [2.05, 4.69) is 37.3 Å². The average molecular weight is 272 g/mol. The van der Waals surface area contributed by atoms with Gasteiger partial charge in [0.2, 0.25) is 0 Å². The van der Waals surface area contributed by atoms with Gasteiger partial charge in [-0.15, -0.1) is 0 Å². The van der Waals surface area contributed by atoms with Crippen LogP contribution < -0.4 is 4.74 Å². The van der Waals surface area contributed by atoms with Crippen LogP contribution in [0, 0.1) is 0 Å². The van der Waals surface area contributed by atoms with Crippen molar-refractivity contribution in [3.63, 3.8) is 0 Å². The SMILES string of the molecule is CC(C)c1ccc(OC2CCCCC2)c2nn(C)cc12. The molecule has 0 aliphatic heterocycles. The van der Waals surface area contributed by atoms with Crippen molar-refractivity contribution in [2.24, 2.45) is 7.05 Å². The number of hydrogen-bond acceptors (Lipinski definition) is 2. The summed E-state index contributed by atoms with van der Waals surface area (Å²) in [7, 11) is 1.98. The summed E-state index contributed by atoms with van der Waals surface area (Å²) in [5.41, 5.74) is 2.37. The van der Waals surface area contributed by atoms with Gasteiger partial charge < -0.3 is 4.74 Å². The van der Waals surface area contributed by atoms with Crippen molar-refractivity contribution in [3.8, 4) is 5.75 Å². The van der Waals surface area contributed by atoms with Crippen LogP contribution in [0.3, 0.4) is 0 Å². The number of hydrogen-bond donors (Lipinski definition) is 0. The molecule has 0 atom stereocenters. The lowest BCUT2D eigenvalue weighted by molar-refractivity contribution is 0.156. The van der Waals surface area contributed by atoms with Gasteiger partial charge in [-0.25, -0.2) is 0 Å². The van der Waals surface area contributed by atoms with Crippen LogP contribution in [-0.4, -0.2) is 15.9 Å². The molecular weight excluding hydrogens is 248 g/mol. The van der Waals surface area contributed by atoms with Crippen LogP contribution in [0.1, 0.15) is 57.4 Å². The van der Waals surface area contributed by atoms with E-state index in [0.29, 0.717) is 12.0 Å². The maximum Gasteiger partial charge on any atom is 0.147 e. The number of aromatic nitrogens is 2. The summed E-state index contributed by atoms with van der Waals surface area (Å²) < 4.78 is 8.13. The molecule has 0 bridgehead atoms. The number of nitrogens with zero attached hydrogens (tertiary/aromatic N) is 2. The first-order valence-corrected chi connectivity index (χ1v) is 7.78. The zero-order valence-electron chi connectivity index (χ0n) is 12.7. The van der Waals surface area contributed by atoms with Crippen LogP contribution in [0.25, 0.3) is 10.9 Å². The van der Waals surface area contributed by atoms with Crippen molar-refractivity contribution in [2.45, 2.75) is 58.0 Å². The highest BCUT2D eigenvalue weighted by molar-refractivity contribution is 5.87. The predicted molar refractivity (Wildman–Crippen MR) is 82.3 cm³/mol. The summed E-state index contributed by atoms with van der Waals surface area (Å²) in [6.07, 6.45) is 8.78. The Labute approximate surface area is 120 Å². The second-order valence-corrected chi connectivity index (χ2v) is 6.25. The molecule has 1 aliphatic rings. The Bertz CT molecular complexity index is 594. The third-order valence-electron chi connectivity index (χ3n) is 4.26. The van der Waals surface area contributed by atoms with E-state index in [1.165, 1.54) is 43.1 Å². The van der Waals surface area contributed by atoms with Gasteiger partial charge in [0, 0.05) is 18.6 Å². The van der Waals surface area contributed by atoms with Gasteiger partial charge in [0.25, 0.3) is 0 Å². The van der Waals surface area contributed by atoms with Gasteiger partial charge >= 0.3 is 0 Å². The summed E-state index contributed by atoms with van der Waals surface area (Å²) in [5.74, 6) is 1.46. The minimum Gasteiger partial charge on any atom is -0.488 e. The minimum absolute atomic E-state index is 0.374. The molecule has 0 amide bonds. The Hall–Kier alpha value is -1.51. The van der Waals surface area contributed by atoms with Crippen molar-refractivity contribution < 1.29 is 4.74 Å². The van der Waals surface area contributed by atoms with Gasteiger partial charge in [0.05, 0.1) is 6.10 Å². The molecule has 0 unspecified atom stereocenters. The molecule has 2 aromatic rings. The molecule has 3 heteroatoms. The van der Waals surface area contributed by atoms with E-state index >= 15 is 0 Å². The highest BCUT2D eigenvalue weighted by atomic mass is 16.5. The largest absolute Gasteiger partial charge is 0.488 e. The molecule has 3 rings (SSSR count). The number of aryl methyl sites for hydroxylation is 1. The highest BCUT2D eigenvalue weighted by Crippen LogP contribution is 2.33. The molecule has 0 saturated heterocycles. The molecule has 0 N–H and O–H groups in total. The second kappa shape index (κ2) is 5.47. The molecule has 3 nitrogen and oxygen atoms in total. The van der Waals surface area contributed by atoms with E-state index in [9.17, 15) is 0 Å². The number of fused-ring (bicyclic) bond motifs is 1. The van der Waals surface area contributed by atoms with Gasteiger partial charge in [-0.05, 0) is 43.2 Å².